The Morgan fingerprint density at radius 1 is 1.41 bits per heavy atom. The molecule has 9 heteroatoms. The minimum Gasteiger partial charge on any atom is -0.367 e. The molecule has 1 fully saturated rings. The normalized spacial score (nSPS) is 17.5. The van der Waals surface area contributed by atoms with Crippen LogP contribution in [0.5, 0.6) is 0 Å². The number of hydrogen-bond acceptors (Lipinski definition) is 5. The highest BCUT2D eigenvalue weighted by atomic mass is 127. The quantitative estimate of drug-likeness (QED) is 0.360. The van der Waals surface area contributed by atoms with Crippen molar-refractivity contribution < 1.29 is 0 Å². The number of aliphatic imine (C=N–C) groups is 1. The summed E-state index contributed by atoms with van der Waals surface area (Å²) in [5.41, 5.74) is 1.19. The molecule has 1 aliphatic heterocycles. The summed E-state index contributed by atoms with van der Waals surface area (Å²) in [5, 5.41) is 12.5. The van der Waals surface area contributed by atoms with Gasteiger partial charge in [-0.1, -0.05) is 6.92 Å². The average Bonchev–Trinajstić information content (AvgIpc) is 3.30. The van der Waals surface area contributed by atoms with Gasteiger partial charge in [-0.05, 0) is 19.3 Å². The van der Waals surface area contributed by atoms with E-state index in [9.17, 15) is 0 Å². The van der Waals surface area contributed by atoms with E-state index in [4.69, 9.17) is 0 Å². The Bertz CT molecular complexity index is 727. The number of thiazole rings is 1. The van der Waals surface area contributed by atoms with Gasteiger partial charge in [-0.2, -0.15) is 5.10 Å². The Labute approximate surface area is 182 Å². The Kier molecular flexibility index (Phi) is 8.81. The third-order valence-electron chi connectivity index (χ3n) is 4.62. The average molecular weight is 503 g/mol. The lowest BCUT2D eigenvalue weighted by atomic mass is 10.1. The molecule has 0 aromatic carbocycles. The molecule has 150 valence electrons. The van der Waals surface area contributed by atoms with Gasteiger partial charge in [-0.15, -0.1) is 35.3 Å². The molecule has 0 aliphatic carbocycles. The second-order valence-corrected chi connectivity index (χ2v) is 7.82. The number of rotatable bonds is 6. The first-order valence-electron chi connectivity index (χ1n) is 9.32. The zero-order valence-corrected chi connectivity index (χ0v) is 19.5. The van der Waals surface area contributed by atoms with Gasteiger partial charge >= 0.3 is 0 Å². The van der Waals surface area contributed by atoms with Gasteiger partial charge in [0.2, 0.25) is 0 Å². The van der Waals surface area contributed by atoms with Crippen molar-refractivity contribution >= 4 is 47.0 Å². The van der Waals surface area contributed by atoms with Crippen molar-refractivity contribution in [3.05, 3.63) is 28.5 Å². The van der Waals surface area contributed by atoms with Crippen LogP contribution in [0.2, 0.25) is 0 Å². The zero-order chi connectivity index (χ0) is 18.4. The minimum atomic E-state index is 0. The van der Waals surface area contributed by atoms with Gasteiger partial charge in [-0.25, -0.2) is 4.98 Å². The molecule has 27 heavy (non-hydrogen) atoms. The number of nitrogens with one attached hydrogen (secondary N) is 2. The fraction of sp³-hybridized carbons (Fsp3) is 0.611. The summed E-state index contributed by atoms with van der Waals surface area (Å²) in [6.07, 6.45) is 10.3. The number of piperidine rings is 1. The summed E-state index contributed by atoms with van der Waals surface area (Å²) >= 11 is 1.80. The Morgan fingerprint density at radius 3 is 2.93 bits per heavy atom. The maximum absolute atomic E-state index is 4.47. The molecule has 0 bridgehead atoms. The van der Waals surface area contributed by atoms with Crippen molar-refractivity contribution in [2.45, 2.75) is 38.6 Å². The maximum atomic E-state index is 4.47. The van der Waals surface area contributed by atoms with Gasteiger partial charge in [0.15, 0.2) is 5.96 Å². The molecular formula is C18H30IN7S. The monoisotopic (exact) mass is 503 g/mol. The third-order valence-corrected chi connectivity index (χ3v) is 5.82. The van der Waals surface area contributed by atoms with Crippen molar-refractivity contribution in [2.24, 2.45) is 12.0 Å². The van der Waals surface area contributed by atoms with Gasteiger partial charge in [0, 0.05) is 63.5 Å². The number of hydrogen-bond donors (Lipinski definition) is 2. The first-order chi connectivity index (χ1) is 12.7. The van der Waals surface area contributed by atoms with Crippen LogP contribution in [0.3, 0.4) is 0 Å². The molecule has 1 aliphatic rings. The molecule has 0 radical (unpaired) electrons. The van der Waals surface area contributed by atoms with Crippen LogP contribution in [0, 0.1) is 0 Å². The van der Waals surface area contributed by atoms with Gasteiger partial charge in [0.25, 0.3) is 0 Å². The van der Waals surface area contributed by atoms with E-state index in [1.807, 2.05) is 31.2 Å². The first-order valence-corrected chi connectivity index (χ1v) is 10.1. The summed E-state index contributed by atoms with van der Waals surface area (Å²) in [6.45, 7) is 5.06. The predicted octanol–water partition coefficient (Wildman–Crippen LogP) is 2.43. The van der Waals surface area contributed by atoms with E-state index >= 15 is 0 Å². The zero-order valence-electron chi connectivity index (χ0n) is 16.3. The Hall–Kier alpha value is -1.36. The summed E-state index contributed by atoms with van der Waals surface area (Å²) in [6, 6.07) is 0.390. The number of aromatic nitrogens is 3. The van der Waals surface area contributed by atoms with Crippen molar-refractivity contribution in [3.63, 3.8) is 0 Å². The molecule has 0 spiro atoms. The molecule has 7 nitrogen and oxygen atoms in total. The van der Waals surface area contributed by atoms with E-state index in [-0.39, 0.29) is 24.0 Å². The molecule has 3 rings (SSSR count). The van der Waals surface area contributed by atoms with E-state index in [1.165, 1.54) is 22.0 Å². The third kappa shape index (κ3) is 6.34. The SMILES string of the molecule is CCc1cnc(CCNC(=NC)NC2CCCN(c3cnn(C)c3)C2)s1.I. The Morgan fingerprint density at radius 2 is 2.26 bits per heavy atom. The number of aryl methyl sites for hydroxylation is 2. The van der Waals surface area contributed by atoms with Crippen LogP contribution in [-0.2, 0) is 19.9 Å². The van der Waals surface area contributed by atoms with Crippen LogP contribution in [0.1, 0.15) is 29.7 Å². The number of nitrogens with zero attached hydrogens (tertiary/aromatic N) is 5. The summed E-state index contributed by atoms with van der Waals surface area (Å²) in [5.74, 6) is 0.871. The lowest BCUT2D eigenvalue weighted by Crippen LogP contribution is -2.51. The molecule has 3 heterocycles. The van der Waals surface area contributed by atoms with Crippen LogP contribution in [-0.4, -0.2) is 53.4 Å². The highest BCUT2D eigenvalue weighted by molar-refractivity contribution is 14.0. The molecular weight excluding hydrogens is 473 g/mol. The molecule has 1 atom stereocenters. The smallest absolute Gasteiger partial charge is 0.191 e. The van der Waals surface area contributed by atoms with Gasteiger partial charge < -0.3 is 15.5 Å². The van der Waals surface area contributed by atoms with Crippen molar-refractivity contribution in [1.82, 2.24) is 25.4 Å². The van der Waals surface area contributed by atoms with Crippen LogP contribution >= 0.6 is 35.3 Å². The minimum absolute atomic E-state index is 0. The summed E-state index contributed by atoms with van der Waals surface area (Å²) in [7, 11) is 3.79. The summed E-state index contributed by atoms with van der Waals surface area (Å²) in [4.78, 5) is 12.6. The second-order valence-electron chi connectivity index (χ2n) is 6.62. The highest BCUT2D eigenvalue weighted by Crippen LogP contribution is 2.19. The number of halogens is 1. The molecule has 0 saturated carbocycles. The van der Waals surface area contributed by atoms with Crippen LogP contribution < -0.4 is 15.5 Å². The van der Waals surface area contributed by atoms with Gasteiger partial charge in [-0.3, -0.25) is 9.67 Å². The Balaban J connectivity index is 0.00000261. The highest BCUT2D eigenvalue weighted by Gasteiger charge is 2.21. The van der Waals surface area contributed by atoms with Crippen LogP contribution in [0.25, 0.3) is 0 Å². The van der Waals surface area contributed by atoms with E-state index in [1.54, 1.807) is 11.3 Å². The maximum Gasteiger partial charge on any atom is 0.191 e. The van der Waals surface area contributed by atoms with Crippen molar-refractivity contribution in [2.75, 3.05) is 31.6 Å². The molecule has 1 saturated heterocycles. The predicted molar refractivity (Wildman–Crippen MR) is 124 cm³/mol. The van der Waals surface area contributed by atoms with Gasteiger partial charge in [0.05, 0.1) is 16.9 Å². The van der Waals surface area contributed by atoms with E-state index in [0.29, 0.717) is 6.04 Å². The lowest BCUT2D eigenvalue weighted by Gasteiger charge is -2.34. The van der Waals surface area contributed by atoms with E-state index in [2.05, 4.69) is 43.7 Å². The van der Waals surface area contributed by atoms with Crippen molar-refractivity contribution in [1.29, 1.82) is 0 Å². The fourth-order valence-electron chi connectivity index (χ4n) is 3.20. The molecule has 2 aromatic heterocycles. The fourth-order valence-corrected chi connectivity index (χ4v) is 4.07. The lowest BCUT2D eigenvalue weighted by molar-refractivity contribution is 0.468. The first kappa shape index (κ1) is 21.9. The second kappa shape index (κ2) is 10.8. The largest absolute Gasteiger partial charge is 0.367 e. The van der Waals surface area contributed by atoms with Crippen LogP contribution in [0.4, 0.5) is 5.69 Å². The topological polar surface area (TPSA) is 70.4 Å². The van der Waals surface area contributed by atoms with Crippen LogP contribution in [0.15, 0.2) is 23.6 Å². The number of anilines is 1. The summed E-state index contributed by atoms with van der Waals surface area (Å²) < 4.78 is 1.86. The molecule has 0 amide bonds. The molecule has 2 aromatic rings. The van der Waals surface area contributed by atoms with Gasteiger partial charge in [0.1, 0.15) is 0 Å². The van der Waals surface area contributed by atoms with E-state index < -0.39 is 0 Å². The molecule has 1 unspecified atom stereocenters. The molecule has 2 N–H and O–H groups in total. The standard InChI is InChI=1S/C18H29N7S.HI/c1-4-16-11-21-17(26-16)7-8-20-18(19-2)23-14-6-5-9-25(12-14)15-10-22-24(3)13-15;/h10-11,13-14H,4-9,12H2,1-3H3,(H2,19,20,23);1H. The van der Waals surface area contributed by atoms with E-state index in [0.717, 1.165) is 44.9 Å². The number of guanidine groups is 1. The van der Waals surface area contributed by atoms with Crippen molar-refractivity contribution in [3.8, 4) is 0 Å².